The summed E-state index contributed by atoms with van der Waals surface area (Å²) in [6.45, 7) is 7.35. The van der Waals surface area contributed by atoms with E-state index in [4.69, 9.17) is 4.42 Å². The minimum absolute atomic E-state index is 0.0644. The fourth-order valence-corrected chi connectivity index (χ4v) is 5.02. The van der Waals surface area contributed by atoms with Crippen molar-refractivity contribution in [1.29, 1.82) is 0 Å². The van der Waals surface area contributed by atoms with Crippen LogP contribution in [0, 0.1) is 13.8 Å². The number of hydrogen-bond acceptors (Lipinski definition) is 7. The summed E-state index contributed by atoms with van der Waals surface area (Å²) in [6.07, 6.45) is 0.823. The quantitative estimate of drug-likeness (QED) is 0.677. The highest BCUT2D eigenvalue weighted by atomic mass is 32.2. The predicted molar refractivity (Wildman–Crippen MR) is 112 cm³/mol. The number of carbonyl (C=O) groups excluding carboxylic acids is 1. The number of rotatable bonds is 7. The highest BCUT2D eigenvalue weighted by molar-refractivity contribution is 7.89. The van der Waals surface area contributed by atoms with Gasteiger partial charge in [0.15, 0.2) is 5.89 Å². The first-order valence-corrected chi connectivity index (χ1v) is 11.4. The summed E-state index contributed by atoms with van der Waals surface area (Å²) in [4.78, 5) is 18.7. The second-order valence-electron chi connectivity index (χ2n) is 7.31. The molecule has 1 fully saturated rings. The van der Waals surface area contributed by atoms with Gasteiger partial charge in [-0.1, -0.05) is 6.92 Å². The number of piperazine rings is 1. The third-order valence-corrected chi connectivity index (χ3v) is 7.24. The Bertz CT molecular complexity index is 975. The van der Waals surface area contributed by atoms with Crippen molar-refractivity contribution in [2.75, 3.05) is 38.1 Å². The second-order valence-corrected chi connectivity index (χ2v) is 9.25. The zero-order valence-electron chi connectivity index (χ0n) is 17.5. The SMILES string of the molecule is CCC(CO)N1CCN(S(=O)(=O)c2ccc(NC(=O)c3oc(C)nc3C)cc2)CC1. The van der Waals surface area contributed by atoms with Crippen LogP contribution in [0.25, 0.3) is 0 Å². The van der Waals surface area contributed by atoms with Crippen LogP contribution in [0.2, 0.25) is 0 Å². The van der Waals surface area contributed by atoms with Crippen LogP contribution in [0.1, 0.15) is 35.5 Å². The van der Waals surface area contributed by atoms with Gasteiger partial charge in [0, 0.05) is 44.8 Å². The zero-order chi connectivity index (χ0) is 21.9. The van der Waals surface area contributed by atoms with Crippen LogP contribution >= 0.6 is 0 Å². The van der Waals surface area contributed by atoms with Crippen molar-refractivity contribution in [3.8, 4) is 0 Å². The van der Waals surface area contributed by atoms with E-state index in [-0.39, 0.29) is 23.3 Å². The molecule has 1 unspecified atom stereocenters. The minimum Gasteiger partial charge on any atom is -0.436 e. The second kappa shape index (κ2) is 9.25. The Morgan fingerprint density at radius 3 is 2.33 bits per heavy atom. The highest BCUT2D eigenvalue weighted by Crippen LogP contribution is 2.21. The summed E-state index contributed by atoms with van der Waals surface area (Å²) in [7, 11) is -3.62. The van der Waals surface area contributed by atoms with Crippen LogP contribution in [-0.4, -0.2) is 72.4 Å². The van der Waals surface area contributed by atoms with E-state index in [0.717, 1.165) is 6.42 Å². The van der Waals surface area contributed by atoms with Gasteiger partial charge in [0.1, 0.15) is 0 Å². The summed E-state index contributed by atoms with van der Waals surface area (Å²) >= 11 is 0. The molecule has 1 aromatic heterocycles. The summed E-state index contributed by atoms with van der Waals surface area (Å²) in [5.41, 5.74) is 0.959. The molecule has 0 aliphatic carbocycles. The molecule has 10 heteroatoms. The predicted octanol–water partition coefficient (Wildman–Crippen LogP) is 1.62. The molecule has 1 aromatic carbocycles. The number of aromatic nitrogens is 1. The molecule has 30 heavy (non-hydrogen) atoms. The third kappa shape index (κ3) is 4.72. The van der Waals surface area contributed by atoms with Crippen molar-refractivity contribution < 1.29 is 22.7 Å². The van der Waals surface area contributed by atoms with Gasteiger partial charge < -0.3 is 14.8 Å². The van der Waals surface area contributed by atoms with E-state index in [9.17, 15) is 18.3 Å². The number of oxazole rings is 1. The van der Waals surface area contributed by atoms with Crippen molar-refractivity contribution in [3.05, 3.63) is 41.6 Å². The lowest BCUT2D eigenvalue weighted by atomic mass is 10.2. The first kappa shape index (κ1) is 22.4. The van der Waals surface area contributed by atoms with E-state index >= 15 is 0 Å². The van der Waals surface area contributed by atoms with Gasteiger partial charge in [-0.2, -0.15) is 4.31 Å². The molecule has 0 bridgehead atoms. The Balaban J connectivity index is 1.65. The number of aliphatic hydroxyl groups excluding tert-OH is 1. The number of nitrogens with one attached hydrogen (secondary N) is 1. The lowest BCUT2D eigenvalue weighted by Gasteiger charge is -2.37. The van der Waals surface area contributed by atoms with Crippen molar-refractivity contribution >= 4 is 21.6 Å². The smallest absolute Gasteiger partial charge is 0.293 e. The van der Waals surface area contributed by atoms with Crippen LogP contribution in [-0.2, 0) is 10.0 Å². The maximum Gasteiger partial charge on any atom is 0.293 e. The molecule has 2 heterocycles. The van der Waals surface area contributed by atoms with E-state index in [1.807, 2.05) is 6.92 Å². The van der Waals surface area contributed by atoms with Crippen LogP contribution in [0.4, 0.5) is 5.69 Å². The fraction of sp³-hybridized carbons (Fsp3) is 0.500. The fourth-order valence-electron chi connectivity index (χ4n) is 3.60. The van der Waals surface area contributed by atoms with E-state index in [1.54, 1.807) is 26.0 Å². The minimum atomic E-state index is -3.62. The molecule has 1 aliphatic rings. The molecule has 1 atom stereocenters. The van der Waals surface area contributed by atoms with Crippen molar-refractivity contribution in [2.45, 2.75) is 38.1 Å². The van der Waals surface area contributed by atoms with E-state index in [0.29, 0.717) is 43.5 Å². The molecule has 0 spiro atoms. The van der Waals surface area contributed by atoms with Gasteiger partial charge in [-0.05, 0) is 37.6 Å². The van der Waals surface area contributed by atoms with Gasteiger partial charge in [0.25, 0.3) is 5.91 Å². The average Bonchev–Trinajstić information content (AvgIpc) is 3.08. The number of benzene rings is 1. The first-order valence-electron chi connectivity index (χ1n) is 9.96. The maximum absolute atomic E-state index is 13.0. The van der Waals surface area contributed by atoms with Crippen molar-refractivity contribution in [1.82, 2.24) is 14.2 Å². The number of anilines is 1. The Kier molecular flexibility index (Phi) is 6.91. The first-order chi connectivity index (χ1) is 14.3. The largest absolute Gasteiger partial charge is 0.436 e. The molecule has 1 saturated heterocycles. The lowest BCUT2D eigenvalue weighted by Crippen LogP contribution is -2.52. The van der Waals surface area contributed by atoms with E-state index < -0.39 is 15.9 Å². The summed E-state index contributed by atoms with van der Waals surface area (Å²) in [5.74, 6) is 0.105. The van der Waals surface area contributed by atoms with E-state index in [2.05, 4.69) is 15.2 Å². The molecule has 3 rings (SSSR count). The molecule has 0 radical (unpaired) electrons. The zero-order valence-corrected chi connectivity index (χ0v) is 18.3. The molecule has 1 aliphatic heterocycles. The molecule has 164 valence electrons. The Labute approximate surface area is 176 Å². The lowest BCUT2D eigenvalue weighted by molar-refractivity contribution is 0.0881. The molecular weight excluding hydrogens is 408 g/mol. The van der Waals surface area contributed by atoms with Gasteiger partial charge >= 0.3 is 0 Å². The van der Waals surface area contributed by atoms with E-state index in [1.165, 1.54) is 16.4 Å². The van der Waals surface area contributed by atoms with Crippen molar-refractivity contribution in [3.63, 3.8) is 0 Å². The number of nitrogens with zero attached hydrogens (tertiary/aromatic N) is 3. The Morgan fingerprint density at radius 2 is 1.83 bits per heavy atom. The number of aryl methyl sites for hydroxylation is 2. The maximum atomic E-state index is 13.0. The van der Waals surface area contributed by atoms with Gasteiger partial charge in [-0.15, -0.1) is 0 Å². The summed E-state index contributed by atoms with van der Waals surface area (Å²) in [5, 5.41) is 12.1. The summed E-state index contributed by atoms with van der Waals surface area (Å²) in [6, 6.07) is 6.14. The van der Waals surface area contributed by atoms with Crippen molar-refractivity contribution in [2.24, 2.45) is 0 Å². The van der Waals surface area contributed by atoms with Crippen LogP contribution in [0.15, 0.2) is 33.6 Å². The molecule has 0 saturated carbocycles. The number of hydrogen-bond donors (Lipinski definition) is 2. The molecular formula is C20H28N4O5S. The molecule has 2 N–H and O–H groups in total. The van der Waals surface area contributed by atoms with Gasteiger partial charge in [-0.25, -0.2) is 13.4 Å². The average molecular weight is 437 g/mol. The topological polar surface area (TPSA) is 116 Å². The Morgan fingerprint density at radius 1 is 1.20 bits per heavy atom. The van der Waals surface area contributed by atoms with Crippen LogP contribution in [0.5, 0.6) is 0 Å². The third-order valence-electron chi connectivity index (χ3n) is 5.33. The Hall–Kier alpha value is -2.27. The normalized spacial score (nSPS) is 17.1. The molecule has 2 aromatic rings. The molecule has 9 nitrogen and oxygen atoms in total. The van der Waals surface area contributed by atoms with Crippen LogP contribution in [0.3, 0.4) is 0 Å². The highest BCUT2D eigenvalue weighted by Gasteiger charge is 2.30. The van der Waals surface area contributed by atoms with Gasteiger partial charge in [0.05, 0.1) is 17.2 Å². The number of amides is 1. The van der Waals surface area contributed by atoms with Crippen LogP contribution < -0.4 is 5.32 Å². The standard InChI is InChI=1S/C20H28N4O5S/c1-4-17(13-25)23-9-11-24(12-10-23)30(27,28)18-7-5-16(6-8-18)22-20(26)19-14(2)21-15(3)29-19/h5-8,17,25H,4,9-13H2,1-3H3,(H,22,26). The number of carbonyl (C=O) groups is 1. The number of aliphatic hydroxyl groups is 1. The van der Waals surface area contributed by atoms with Gasteiger partial charge in [-0.3, -0.25) is 9.69 Å². The number of sulfonamides is 1. The summed E-state index contributed by atoms with van der Waals surface area (Å²) < 4.78 is 32.7. The van der Waals surface area contributed by atoms with Gasteiger partial charge in [0.2, 0.25) is 15.8 Å². The monoisotopic (exact) mass is 436 g/mol. The molecule has 1 amide bonds.